The van der Waals surface area contributed by atoms with Crippen LogP contribution in [0.5, 0.6) is 0 Å². The van der Waals surface area contributed by atoms with E-state index in [1.165, 1.54) is 4.88 Å². The summed E-state index contributed by atoms with van der Waals surface area (Å²) in [6, 6.07) is 9.99. The van der Waals surface area contributed by atoms with Crippen LogP contribution >= 0.6 is 11.3 Å². The van der Waals surface area contributed by atoms with Crippen LogP contribution in [-0.2, 0) is 0 Å². The molecule has 1 N–H and O–H groups in total. The van der Waals surface area contributed by atoms with Crippen LogP contribution in [-0.4, -0.2) is 11.5 Å². The molecule has 0 bridgehead atoms. The fourth-order valence-corrected chi connectivity index (χ4v) is 2.40. The number of hydrogen-bond donors (Lipinski definition) is 1. The third-order valence-corrected chi connectivity index (χ3v) is 3.38. The zero-order valence-electron chi connectivity index (χ0n) is 9.82. The van der Waals surface area contributed by atoms with Crippen LogP contribution in [0.2, 0.25) is 0 Å². The fourth-order valence-electron chi connectivity index (χ4n) is 1.56. The Morgan fingerprint density at radius 3 is 2.76 bits per heavy atom. The summed E-state index contributed by atoms with van der Waals surface area (Å²) in [6.07, 6.45) is 0. The normalized spacial score (nSPS) is 9.94. The van der Waals surface area contributed by atoms with Crippen molar-refractivity contribution in [1.29, 1.82) is 5.26 Å². The molecule has 0 radical (unpaired) electrons. The maximum atomic E-state index is 8.98. The van der Waals surface area contributed by atoms with E-state index in [4.69, 9.17) is 5.26 Å². The van der Waals surface area contributed by atoms with Gasteiger partial charge in [0.05, 0.1) is 16.1 Å². The summed E-state index contributed by atoms with van der Waals surface area (Å²) in [7, 11) is 0. The average molecular weight is 243 g/mol. The number of rotatable bonds is 3. The van der Waals surface area contributed by atoms with Crippen molar-refractivity contribution in [3.63, 3.8) is 0 Å². The van der Waals surface area contributed by atoms with Gasteiger partial charge in [-0.3, -0.25) is 0 Å². The van der Waals surface area contributed by atoms with Gasteiger partial charge in [-0.25, -0.2) is 4.98 Å². The van der Waals surface area contributed by atoms with Crippen LogP contribution in [0.3, 0.4) is 0 Å². The Balaban J connectivity index is 2.44. The first-order valence-corrected chi connectivity index (χ1v) is 6.28. The molecule has 0 aliphatic carbocycles. The van der Waals surface area contributed by atoms with Crippen molar-refractivity contribution in [3.05, 3.63) is 34.7 Å². The molecule has 3 nitrogen and oxygen atoms in total. The standard InChI is InChI=1S/C13H13N3S/c1-3-15-13-10(8-14)5-6-11(16-13)12-7-4-9(2)17-12/h4-7H,3H2,1-2H3,(H,15,16). The Hall–Kier alpha value is -1.86. The van der Waals surface area contributed by atoms with E-state index < -0.39 is 0 Å². The highest BCUT2D eigenvalue weighted by Gasteiger charge is 2.07. The Morgan fingerprint density at radius 1 is 1.35 bits per heavy atom. The van der Waals surface area contributed by atoms with Gasteiger partial charge in [0.15, 0.2) is 0 Å². The molecular weight excluding hydrogens is 230 g/mol. The highest BCUT2D eigenvalue weighted by Crippen LogP contribution is 2.27. The fraction of sp³-hybridized carbons (Fsp3) is 0.231. The highest BCUT2D eigenvalue weighted by molar-refractivity contribution is 7.15. The minimum Gasteiger partial charge on any atom is -0.369 e. The van der Waals surface area contributed by atoms with Gasteiger partial charge in [0.25, 0.3) is 0 Å². The number of nitriles is 1. The van der Waals surface area contributed by atoms with Gasteiger partial charge in [0.2, 0.25) is 0 Å². The van der Waals surface area contributed by atoms with Crippen LogP contribution in [0.15, 0.2) is 24.3 Å². The minimum absolute atomic E-state index is 0.587. The van der Waals surface area contributed by atoms with Gasteiger partial charge in [-0.1, -0.05) is 0 Å². The Kier molecular flexibility index (Phi) is 3.40. The summed E-state index contributed by atoms with van der Waals surface area (Å²) in [5.74, 6) is 0.665. The second-order valence-electron chi connectivity index (χ2n) is 3.65. The molecular formula is C13H13N3S. The molecule has 86 valence electrons. The molecule has 17 heavy (non-hydrogen) atoms. The zero-order chi connectivity index (χ0) is 12.3. The van der Waals surface area contributed by atoms with Crippen molar-refractivity contribution in [2.45, 2.75) is 13.8 Å². The van der Waals surface area contributed by atoms with E-state index in [2.05, 4.69) is 35.4 Å². The molecule has 0 amide bonds. The smallest absolute Gasteiger partial charge is 0.144 e. The molecule has 4 heteroatoms. The maximum Gasteiger partial charge on any atom is 0.144 e. The molecule has 2 aromatic rings. The largest absolute Gasteiger partial charge is 0.369 e. The molecule has 0 fully saturated rings. The number of nitrogens with one attached hydrogen (secondary N) is 1. The van der Waals surface area contributed by atoms with Gasteiger partial charge in [0.1, 0.15) is 11.9 Å². The van der Waals surface area contributed by atoms with Crippen molar-refractivity contribution in [3.8, 4) is 16.6 Å². The SMILES string of the molecule is CCNc1nc(-c2ccc(C)s2)ccc1C#N. The molecule has 0 saturated carbocycles. The number of anilines is 1. The first-order chi connectivity index (χ1) is 8.24. The van der Waals surface area contributed by atoms with Crippen molar-refractivity contribution in [2.24, 2.45) is 0 Å². The summed E-state index contributed by atoms with van der Waals surface area (Å²) in [5, 5.41) is 12.1. The molecule has 0 spiro atoms. The van der Waals surface area contributed by atoms with Crippen LogP contribution in [0.25, 0.3) is 10.6 Å². The first kappa shape index (κ1) is 11.6. The third kappa shape index (κ3) is 2.45. The molecule has 2 rings (SSSR count). The molecule has 2 aromatic heterocycles. The van der Waals surface area contributed by atoms with Gasteiger partial charge < -0.3 is 5.32 Å². The Labute approximate surface area is 105 Å². The van der Waals surface area contributed by atoms with Gasteiger partial charge in [-0.05, 0) is 38.1 Å². The molecule has 0 aliphatic rings. The quantitative estimate of drug-likeness (QED) is 0.898. The van der Waals surface area contributed by atoms with E-state index in [1.807, 2.05) is 19.1 Å². The van der Waals surface area contributed by atoms with Crippen LogP contribution in [0.1, 0.15) is 17.4 Å². The maximum absolute atomic E-state index is 8.98. The minimum atomic E-state index is 0.587. The van der Waals surface area contributed by atoms with Crippen LogP contribution < -0.4 is 5.32 Å². The van der Waals surface area contributed by atoms with E-state index in [1.54, 1.807) is 11.3 Å². The van der Waals surface area contributed by atoms with E-state index in [-0.39, 0.29) is 0 Å². The summed E-state index contributed by atoms with van der Waals surface area (Å²) in [4.78, 5) is 6.88. The summed E-state index contributed by atoms with van der Waals surface area (Å²) >= 11 is 1.71. The molecule has 0 atom stereocenters. The number of aryl methyl sites for hydroxylation is 1. The monoisotopic (exact) mass is 243 g/mol. The Bertz CT molecular complexity index is 566. The number of aromatic nitrogens is 1. The van der Waals surface area contributed by atoms with Crippen molar-refractivity contribution in [1.82, 2.24) is 4.98 Å². The topological polar surface area (TPSA) is 48.7 Å². The summed E-state index contributed by atoms with van der Waals surface area (Å²) < 4.78 is 0. The number of pyridine rings is 1. The van der Waals surface area contributed by atoms with Gasteiger partial charge in [-0.15, -0.1) is 11.3 Å². The molecule has 2 heterocycles. The van der Waals surface area contributed by atoms with E-state index in [0.29, 0.717) is 11.4 Å². The lowest BCUT2D eigenvalue weighted by molar-refractivity contribution is 1.15. The van der Waals surface area contributed by atoms with Crippen LogP contribution in [0.4, 0.5) is 5.82 Å². The lowest BCUT2D eigenvalue weighted by Gasteiger charge is -2.06. The average Bonchev–Trinajstić information content (AvgIpc) is 2.76. The molecule has 0 aromatic carbocycles. The van der Waals surface area contributed by atoms with Gasteiger partial charge in [0, 0.05) is 11.4 Å². The second-order valence-corrected chi connectivity index (χ2v) is 4.93. The molecule has 0 aliphatic heterocycles. The lowest BCUT2D eigenvalue weighted by atomic mass is 10.2. The van der Waals surface area contributed by atoms with Gasteiger partial charge in [-0.2, -0.15) is 5.26 Å². The summed E-state index contributed by atoms with van der Waals surface area (Å²) in [6.45, 7) is 4.82. The summed E-state index contributed by atoms with van der Waals surface area (Å²) in [5.41, 5.74) is 1.50. The first-order valence-electron chi connectivity index (χ1n) is 5.46. The van der Waals surface area contributed by atoms with Crippen molar-refractivity contribution < 1.29 is 0 Å². The lowest BCUT2D eigenvalue weighted by Crippen LogP contribution is -2.02. The number of thiophene rings is 1. The number of hydrogen-bond acceptors (Lipinski definition) is 4. The Morgan fingerprint density at radius 2 is 2.18 bits per heavy atom. The molecule has 0 saturated heterocycles. The van der Waals surface area contributed by atoms with E-state index in [9.17, 15) is 0 Å². The number of nitrogens with zero attached hydrogens (tertiary/aromatic N) is 2. The van der Waals surface area contributed by atoms with E-state index in [0.717, 1.165) is 17.1 Å². The predicted octanol–water partition coefficient (Wildman–Crippen LogP) is 3.42. The highest BCUT2D eigenvalue weighted by atomic mass is 32.1. The van der Waals surface area contributed by atoms with Crippen molar-refractivity contribution in [2.75, 3.05) is 11.9 Å². The third-order valence-electron chi connectivity index (χ3n) is 2.35. The van der Waals surface area contributed by atoms with E-state index >= 15 is 0 Å². The zero-order valence-corrected chi connectivity index (χ0v) is 10.6. The second kappa shape index (κ2) is 4.98. The molecule has 0 unspecified atom stereocenters. The van der Waals surface area contributed by atoms with Gasteiger partial charge >= 0.3 is 0 Å². The van der Waals surface area contributed by atoms with Crippen LogP contribution in [0, 0.1) is 18.3 Å². The predicted molar refractivity (Wildman–Crippen MR) is 71.2 cm³/mol. The van der Waals surface area contributed by atoms with Crippen molar-refractivity contribution >= 4 is 17.2 Å².